The van der Waals surface area contributed by atoms with E-state index in [4.69, 9.17) is 19.1 Å². The lowest BCUT2D eigenvalue weighted by Crippen LogP contribution is -2.29. The second-order valence-corrected chi connectivity index (χ2v) is 18.7. The van der Waals surface area contributed by atoms with Gasteiger partial charge in [-0.1, -0.05) is 167 Å². The maximum absolute atomic E-state index is 12.7. The number of carbonyl (C=O) groups excluding carboxylic acids is 2. The molecule has 14 heteroatoms. The Bertz CT molecular complexity index is 1180. The zero-order chi connectivity index (χ0) is 44.4. The molecule has 6 N–H and O–H groups in total. The number of hydrogen-bond acceptors (Lipinski definition) is 12. The molecule has 1 fully saturated rings. The molecule has 0 saturated heterocycles. The van der Waals surface area contributed by atoms with Gasteiger partial charge in [-0.25, -0.2) is 4.57 Å². The zero-order valence-corrected chi connectivity index (χ0v) is 38.3. The molecule has 0 spiro atoms. The Balaban J connectivity index is 2.44. The molecule has 8 atom stereocenters. The third-order valence-corrected chi connectivity index (χ3v) is 12.1. The number of aliphatic hydroxyl groups excluding tert-OH is 5. The Morgan fingerprint density at radius 2 is 1.27 bits per heavy atom. The molecule has 0 amide bonds. The third-order valence-electron chi connectivity index (χ3n) is 11.1. The first-order valence-electron chi connectivity index (χ1n) is 23.4. The lowest BCUT2D eigenvalue weighted by atomic mass is 9.89. The van der Waals surface area contributed by atoms with Crippen molar-refractivity contribution in [3.05, 3.63) is 24.3 Å². The molecular weight excluding hydrogens is 791 g/mol. The summed E-state index contributed by atoms with van der Waals surface area (Å²) in [6, 6.07) is 0. The van der Waals surface area contributed by atoms with Crippen molar-refractivity contribution in [2.24, 2.45) is 17.8 Å². The summed E-state index contributed by atoms with van der Waals surface area (Å²) in [6.45, 7) is 4.26. The van der Waals surface area contributed by atoms with Crippen LogP contribution in [-0.4, -0.2) is 99.3 Å². The molecule has 1 aliphatic carbocycles. The molecule has 352 valence electrons. The zero-order valence-electron chi connectivity index (χ0n) is 37.4. The number of unbranched alkanes of at least 4 members (excludes halogenated alkanes) is 17. The van der Waals surface area contributed by atoms with Crippen LogP contribution in [-0.2, 0) is 32.7 Å². The van der Waals surface area contributed by atoms with Crippen molar-refractivity contribution in [1.29, 1.82) is 0 Å². The number of rotatable bonds is 39. The summed E-state index contributed by atoms with van der Waals surface area (Å²) >= 11 is 0. The van der Waals surface area contributed by atoms with Crippen molar-refractivity contribution in [3.63, 3.8) is 0 Å². The minimum atomic E-state index is -4.70. The largest absolute Gasteiger partial charge is 0.472 e. The van der Waals surface area contributed by atoms with Crippen LogP contribution < -0.4 is 0 Å². The highest BCUT2D eigenvalue weighted by Gasteiger charge is 2.39. The highest BCUT2D eigenvalue weighted by molar-refractivity contribution is 7.47. The standard InChI is InChI=1S/C46H85O13P/c1-4-5-20-26-38(48)30-31-42-41(43(50)32-44(42)51)27-23-24-28-45(52)56-35-40(36-58-60(54,55)57-34-39(49)33-47)59-46(53)29-22-19-17-15-13-11-9-7-6-8-10-12-14-16-18-21-25-37(2)3/h23-24,30-31,37-44,47-51H,4-22,25-29,32-36H2,1-3H3,(H,54,55)/b24-23-,31-30+/t38-,39+,40-,41+,42-,43+,44-/m1/s1. The fourth-order valence-corrected chi connectivity index (χ4v) is 8.24. The molecule has 0 aliphatic heterocycles. The Morgan fingerprint density at radius 3 is 1.83 bits per heavy atom. The van der Waals surface area contributed by atoms with Gasteiger partial charge in [0.05, 0.1) is 44.6 Å². The Morgan fingerprint density at radius 1 is 0.717 bits per heavy atom. The van der Waals surface area contributed by atoms with E-state index in [0.717, 1.165) is 44.4 Å². The summed E-state index contributed by atoms with van der Waals surface area (Å²) in [7, 11) is -4.70. The highest BCUT2D eigenvalue weighted by atomic mass is 31.2. The maximum atomic E-state index is 12.7. The van der Waals surface area contributed by atoms with Crippen molar-refractivity contribution >= 4 is 19.8 Å². The van der Waals surface area contributed by atoms with E-state index in [0.29, 0.717) is 19.3 Å². The van der Waals surface area contributed by atoms with Gasteiger partial charge in [-0.2, -0.15) is 0 Å². The molecule has 1 aliphatic rings. The van der Waals surface area contributed by atoms with Crippen molar-refractivity contribution in [2.45, 2.75) is 212 Å². The van der Waals surface area contributed by atoms with Crippen LogP contribution in [0.25, 0.3) is 0 Å². The van der Waals surface area contributed by atoms with Crippen molar-refractivity contribution in [3.8, 4) is 0 Å². The molecule has 1 rings (SSSR count). The van der Waals surface area contributed by atoms with Crippen LogP contribution in [0.15, 0.2) is 24.3 Å². The Labute approximate surface area is 362 Å². The fourth-order valence-electron chi connectivity index (χ4n) is 7.45. The van der Waals surface area contributed by atoms with E-state index in [1.54, 1.807) is 24.3 Å². The second-order valence-electron chi connectivity index (χ2n) is 17.3. The Hall–Kier alpha value is -1.67. The molecule has 13 nitrogen and oxygen atoms in total. The van der Waals surface area contributed by atoms with Gasteiger partial charge in [-0.15, -0.1) is 0 Å². The molecule has 0 aromatic carbocycles. The van der Waals surface area contributed by atoms with Crippen LogP contribution in [0.2, 0.25) is 0 Å². The lowest BCUT2D eigenvalue weighted by molar-refractivity contribution is -0.160. The average Bonchev–Trinajstić information content (AvgIpc) is 3.48. The number of carbonyl (C=O) groups is 2. The first-order chi connectivity index (χ1) is 28.8. The van der Waals surface area contributed by atoms with Crippen LogP contribution in [0.1, 0.15) is 181 Å². The number of aliphatic hydroxyl groups is 5. The molecule has 60 heavy (non-hydrogen) atoms. The van der Waals surface area contributed by atoms with Gasteiger partial charge < -0.3 is 39.9 Å². The normalized spacial score (nSPS) is 20.8. The first kappa shape index (κ1) is 56.3. The van der Waals surface area contributed by atoms with Gasteiger partial charge in [0.25, 0.3) is 0 Å². The molecule has 1 saturated carbocycles. The van der Waals surface area contributed by atoms with Crippen LogP contribution in [0.4, 0.5) is 0 Å². The number of allylic oxidation sites excluding steroid dienone is 1. The summed E-state index contributed by atoms with van der Waals surface area (Å²) in [5.74, 6) is -1.04. The number of esters is 2. The molecule has 0 bridgehead atoms. The van der Waals surface area contributed by atoms with Crippen molar-refractivity contribution in [1.82, 2.24) is 0 Å². The van der Waals surface area contributed by atoms with Gasteiger partial charge in [-0.05, 0) is 31.1 Å². The van der Waals surface area contributed by atoms with Crippen molar-refractivity contribution < 1.29 is 63.1 Å². The molecule has 0 aromatic rings. The minimum absolute atomic E-state index is 0.122. The fraction of sp³-hybridized carbons (Fsp3) is 0.870. The molecule has 0 radical (unpaired) electrons. The number of ether oxygens (including phenoxy) is 2. The van der Waals surface area contributed by atoms with E-state index in [1.807, 2.05) is 0 Å². The summed E-state index contributed by atoms with van der Waals surface area (Å²) < 4.78 is 32.7. The third kappa shape index (κ3) is 30.4. The molecule has 0 aromatic heterocycles. The van der Waals surface area contributed by atoms with E-state index in [-0.39, 0.29) is 31.1 Å². The van der Waals surface area contributed by atoms with Crippen LogP contribution >= 0.6 is 7.82 Å². The SMILES string of the molecule is CCCCC[C@@H](O)/C=C/[C@@H]1[C@H](C/C=C\CC(=O)OC[C@H](COP(=O)(O)OC[C@@H](O)CO)OC(=O)CCCCCCCCCCCCCCCCCCC(C)C)[C@@H](O)C[C@H]1O. The van der Waals surface area contributed by atoms with Gasteiger partial charge in [0, 0.05) is 18.8 Å². The van der Waals surface area contributed by atoms with E-state index >= 15 is 0 Å². The smallest absolute Gasteiger partial charge is 0.461 e. The van der Waals surface area contributed by atoms with Gasteiger partial charge in [-0.3, -0.25) is 18.6 Å². The van der Waals surface area contributed by atoms with Crippen molar-refractivity contribution in [2.75, 3.05) is 26.4 Å². The maximum Gasteiger partial charge on any atom is 0.472 e. The number of hydrogen-bond donors (Lipinski definition) is 6. The highest BCUT2D eigenvalue weighted by Crippen LogP contribution is 2.43. The summed E-state index contributed by atoms with van der Waals surface area (Å²) in [6.07, 6.45) is 27.0. The quantitative estimate of drug-likeness (QED) is 0.0148. The van der Waals surface area contributed by atoms with E-state index in [9.17, 15) is 39.5 Å². The lowest BCUT2D eigenvalue weighted by Gasteiger charge is -2.20. The van der Waals surface area contributed by atoms with E-state index in [1.165, 1.54) is 83.5 Å². The number of phosphoric ester groups is 1. The van der Waals surface area contributed by atoms with Crippen LogP contribution in [0.3, 0.4) is 0 Å². The van der Waals surface area contributed by atoms with Gasteiger partial charge in [0.15, 0.2) is 6.10 Å². The van der Waals surface area contributed by atoms with E-state index in [2.05, 4.69) is 25.3 Å². The predicted octanol–water partition coefficient (Wildman–Crippen LogP) is 8.80. The monoisotopic (exact) mass is 877 g/mol. The van der Waals surface area contributed by atoms with Gasteiger partial charge >= 0.3 is 19.8 Å². The first-order valence-corrected chi connectivity index (χ1v) is 24.9. The topological polar surface area (TPSA) is 210 Å². The number of phosphoric acid groups is 1. The van der Waals surface area contributed by atoms with Crippen LogP contribution in [0.5, 0.6) is 0 Å². The van der Waals surface area contributed by atoms with E-state index < -0.39 is 76.7 Å². The molecule has 1 unspecified atom stereocenters. The average molecular weight is 877 g/mol. The van der Waals surface area contributed by atoms with Gasteiger partial charge in [0.1, 0.15) is 12.7 Å². The Kier molecular flexibility index (Phi) is 33.6. The minimum Gasteiger partial charge on any atom is -0.461 e. The summed E-state index contributed by atoms with van der Waals surface area (Å²) in [4.78, 5) is 35.3. The summed E-state index contributed by atoms with van der Waals surface area (Å²) in [5, 5.41) is 49.7. The molecule has 0 heterocycles. The second kappa shape index (κ2) is 35.8. The predicted molar refractivity (Wildman–Crippen MR) is 235 cm³/mol. The van der Waals surface area contributed by atoms with Crippen LogP contribution in [0, 0.1) is 17.8 Å². The van der Waals surface area contributed by atoms with Gasteiger partial charge in [0.2, 0.25) is 0 Å². The molecular formula is C46H85O13P. The summed E-state index contributed by atoms with van der Waals surface area (Å²) in [5.41, 5.74) is 0.